The van der Waals surface area contributed by atoms with E-state index >= 15 is 0 Å². The first kappa shape index (κ1) is 22.4. The number of thioether (sulfide) groups is 1. The molecule has 0 fully saturated rings. The number of hydrogen-bond donors (Lipinski definition) is 0. The number of ether oxygens (including phenoxy) is 1. The smallest absolute Gasteiger partial charge is 0.391 e. The van der Waals surface area contributed by atoms with Crippen molar-refractivity contribution in [1.29, 1.82) is 0 Å². The molecule has 0 aliphatic rings. The third-order valence-corrected chi connectivity index (χ3v) is 4.91. The largest absolute Gasteiger partial charge is 0.468 e. The molecule has 0 rings (SSSR count). The number of alkyl halides is 6. The van der Waals surface area contributed by atoms with Gasteiger partial charge in [-0.2, -0.15) is 26.3 Å². The van der Waals surface area contributed by atoms with Gasteiger partial charge in [-0.25, -0.2) is 0 Å². The molecule has 0 aliphatic carbocycles. The fourth-order valence-electron chi connectivity index (χ4n) is 2.11. The van der Waals surface area contributed by atoms with Gasteiger partial charge in [0, 0.05) is 5.75 Å². The molecule has 23 heavy (non-hydrogen) atoms. The summed E-state index contributed by atoms with van der Waals surface area (Å²) < 4.78 is 78.5. The number of methoxy groups -OCH3 is 1. The maximum atomic E-state index is 12.9. The SMILES string of the molecule is CCCC(CCC(C)(SCCC(F)(F)F)C(=O)OC)C(F)(F)F. The summed E-state index contributed by atoms with van der Waals surface area (Å²) in [7, 11) is 1.07. The molecule has 0 heterocycles. The van der Waals surface area contributed by atoms with Gasteiger partial charge in [0.2, 0.25) is 0 Å². The predicted octanol–water partition coefficient (Wildman–Crippen LogP) is 5.36. The van der Waals surface area contributed by atoms with Crippen LogP contribution in [0.4, 0.5) is 26.3 Å². The molecule has 0 radical (unpaired) electrons. The van der Waals surface area contributed by atoms with E-state index in [1.807, 2.05) is 0 Å². The Kier molecular flexibility index (Phi) is 8.80. The molecule has 2 unspecified atom stereocenters. The molecular weight excluding hydrogens is 346 g/mol. The number of esters is 1. The number of hydrogen-bond acceptors (Lipinski definition) is 3. The molecule has 0 saturated heterocycles. The molecular formula is C14H22F6O2S. The maximum absolute atomic E-state index is 12.9. The van der Waals surface area contributed by atoms with E-state index in [2.05, 4.69) is 4.74 Å². The van der Waals surface area contributed by atoms with Gasteiger partial charge in [0.25, 0.3) is 0 Å². The van der Waals surface area contributed by atoms with Gasteiger partial charge in [0.15, 0.2) is 0 Å². The minimum Gasteiger partial charge on any atom is -0.468 e. The van der Waals surface area contributed by atoms with Gasteiger partial charge in [0.1, 0.15) is 4.75 Å². The van der Waals surface area contributed by atoms with E-state index in [1.54, 1.807) is 6.92 Å². The van der Waals surface area contributed by atoms with Gasteiger partial charge in [-0.1, -0.05) is 13.3 Å². The average molecular weight is 368 g/mol. The van der Waals surface area contributed by atoms with Crippen LogP contribution in [0.15, 0.2) is 0 Å². The van der Waals surface area contributed by atoms with Crippen molar-refractivity contribution in [2.45, 2.75) is 63.1 Å². The van der Waals surface area contributed by atoms with Crippen LogP contribution >= 0.6 is 11.8 Å². The minimum atomic E-state index is -4.39. The summed E-state index contributed by atoms with van der Waals surface area (Å²) in [4.78, 5) is 11.8. The fourth-order valence-corrected chi connectivity index (χ4v) is 3.36. The molecule has 0 aromatic carbocycles. The summed E-state index contributed by atoms with van der Waals surface area (Å²) >= 11 is 0.692. The van der Waals surface area contributed by atoms with Crippen molar-refractivity contribution in [2.75, 3.05) is 12.9 Å². The lowest BCUT2D eigenvalue weighted by Gasteiger charge is -2.29. The Labute approximate surface area is 136 Å². The van der Waals surface area contributed by atoms with E-state index in [0.29, 0.717) is 18.2 Å². The Morgan fingerprint density at radius 3 is 2.04 bits per heavy atom. The van der Waals surface area contributed by atoms with Crippen molar-refractivity contribution in [2.24, 2.45) is 5.92 Å². The quantitative estimate of drug-likeness (QED) is 0.405. The molecule has 0 saturated carbocycles. The Balaban J connectivity index is 4.86. The van der Waals surface area contributed by atoms with Crippen LogP contribution in [0.3, 0.4) is 0 Å². The van der Waals surface area contributed by atoms with Gasteiger partial charge < -0.3 is 4.74 Å². The second-order valence-corrected chi connectivity index (χ2v) is 7.10. The van der Waals surface area contributed by atoms with Crippen LogP contribution in [0, 0.1) is 5.92 Å². The van der Waals surface area contributed by atoms with Crippen LogP contribution < -0.4 is 0 Å². The molecule has 2 nitrogen and oxygen atoms in total. The number of rotatable bonds is 9. The van der Waals surface area contributed by atoms with E-state index in [-0.39, 0.29) is 19.3 Å². The molecule has 0 aromatic rings. The third-order valence-electron chi connectivity index (χ3n) is 3.49. The first-order valence-corrected chi connectivity index (χ1v) is 8.20. The van der Waals surface area contributed by atoms with Gasteiger partial charge in [-0.15, -0.1) is 11.8 Å². The summed E-state index contributed by atoms with van der Waals surface area (Å²) in [6.45, 7) is 2.95. The van der Waals surface area contributed by atoms with Crippen molar-refractivity contribution in [3.05, 3.63) is 0 Å². The van der Waals surface area contributed by atoms with Gasteiger partial charge in [0.05, 0.1) is 19.4 Å². The zero-order chi connectivity index (χ0) is 18.3. The standard InChI is InChI=1S/C14H22F6O2S/c1-4-5-10(14(18,19)20)6-7-12(2,11(21)22-3)23-9-8-13(15,16)17/h10H,4-9H2,1-3H3. The van der Waals surface area contributed by atoms with Crippen LogP contribution in [-0.4, -0.2) is 35.9 Å². The van der Waals surface area contributed by atoms with Crippen LogP contribution in [0.5, 0.6) is 0 Å². The Morgan fingerprint density at radius 1 is 1.09 bits per heavy atom. The minimum absolute atomic E-state index is 0.0754. The predicted molar refractivity (Wildman–Crippen MR) is 77.2 cm³/mol. The van der Waals surface area contributed by atoms with Gasteiger partial charge in [-0.05, 0) is 26.2 Å². The van der Waals surface area contributed by atoms with Crippen molar-refractivity contribution >= 4 is 17.7 Å². The first-order chi connectivity index (χ1) is 10.4. The highest BCUT2D eigenvalue weighted by Crippen LogP contribution is 2.39. The monoisotopic (exact) mass is 368 g/mol. The highest BCUT2D eigenvalue weighted by molar-refractivity contribution is 8.01. The molecule has 0 bridgehead atoms. The summed E-state index contributed by atoms with van der Waals surface area (Å²) in [6, 6.07) is 0. The summed E-state index contributed by atoms with van der Waals surface area (Å²) in [5, 5.41) is 0. The van der Waals surface area contributed by atoms with Crippen molar-refractivity contribution < 1.29 is 35.9 Å². The Hall–Kier alpha value is -0.600. The molecule has 138 valence electrons. The number of carbonyl (C=O) groups excluding carboxylic acids is 1. The fraction of sp³-hybridized carbons (Fsp3) is 0.929. The zero-order valence-corrected chi connectivity index (χ0v) is 14.1. The second kappa shape index (κ2) is 9.03. The second-order valence-electron chi connectivity index (χ2n) is 5.50. The van der Waals surface area contributed by atoms with Crippen molar-refractivity contribution in [3.63, 3.8) is 0 Å². The molecule has 0 amide bonds. The van der Waals surface area contributed by atoms with E-state index < -0.39 is 41.2 Å². The maximum Gasteiger partial charge on any atom is 0.391 e. The van der Waals surface area contributed by atoms with Gasteiger partial charge in [-0.3, -0.25) is 4.79 Å². The summed E-state index contributed by atoms with van der Waals surface area (Å²) in [5.41, 5.74) is 0. The van der Waals surface area contributed by atoms with E-state index in [0.717, 1.165) is 7.11 Å². The Bertz CT molecular complexity index is 369. The van der Waals surface area contributed by atoms with Crippen molar-refractivity contribution in [3.8, 4) is 0 Å². The number of halogens is 6. The molecule has 0 spiro atoms. The van der Waals surface area contributed by atoms with Crippen LogP contribution in [0.2, 0.25) is 0 Å². The lowest BCUT2D eigenvalue weighted by molar-refractivity contribution is -0.179. The zero-order valence-electron chi connectivity index (χ0n) is 13.3. The summed E-state index contributed by atoms with van der Waals surface area (Å²) in [5.74, 6) is -2.78. The molecule has 9 heteroatoms. The Morgan fingerprint density at radius 2 is 1.65 bits per heavy atom. The highest BCUT2D eigenvalue weighted by Gasteiger charge is 2.42. The number of carbonyl (C=O) groups is 1. The lowest BCUT2D eigenvalue weighted by Crippen LogP contribution is -2.35. The summed E-state index contributed by atoms with van der Waals surface area (Å²) in [6.07, 6.45) is -10.1. The topological polar surface area (TPSA) is 26.3 Å². The van der Waals surface area contributed by atoms with Crippen LogP contribution in [0.1, 0.15) is 46.0 Å². The van der Waals surface area contributed by atoms with E-state index in [9.17, 15) is 31.1 Å². The van der Waals surface area contributed by atoms with Crippen molar-refractivity contribution in [1.82, 2.24) is 0 Å². The van der Waals surface area contributed by atoms with Crippen LogP contribution in [-0.2, 0) is 9.53 Å². The van der Waals surface area contributed by atoms with Crippen LogP contribution in [0.25, 0.3) is 0 Å². The third kappa shape index (κ3) is 8.72. The first-order valence-electron chi connectivity index (χ1n) is 7.21. The molecule has 0 N–H and O–H groups in total. The normalized spacial score (nSPS) is 16.7. The highest BCUT2D eigenvalue weighted by atomic mass is 32.2. The average Bonchev–Trinajstić information content (AvgIpc) is 2.39. The van der Waals surface area contributed by atoms with Gasteiger partial charge >= 0.3 is 18.3 Å². The van der Waals surface area contributed by atoms with E-state index in [4.69, 9.17) is 0 Å². The molecule has 0 aliphatic heterocycles. The lowest BCUT2D eigenvalue weighted by atomic mass is 9.92. The molecule has 0 aromatic heterocycles. The molecule has 2 atom stereocenters. The van der Waals surface area contributed by atoms with E-state index in [1.165, 1.54) is 6.92 Å².